The molecule has 1 heterocycles. The van der Waals surface area contributed by atoms with Crippen LogP contribution in [0.15, 0.2) is 17.1 Å². The Bertz CT molecular complexity index is 733. The first-order valence-electron chi connectivity index (χ1n) is 6.64. The van der Waals surface area contributed by atoms with Gasteiger partial charge in [-0.1, -0.05) is 11.6 Å². The lowest BCUT2D eigenvalue weighted by Crippen LogP contribution is -2.37. The zero-order chi connectivity index (χ0) is 19.2. The number of rotatable bonds is 6. The fraction of sp³-hybridized carbons (Fsp3) is 0.385. The van der Waals surface area contributed by atoms with E-state index in [-0.39, 0.29) is 6.54 Å². The Labute approximate surface area is 143 Å². The Morgan fingerprint density at radius 3 is 2.48 bits per heavy atom. The van der Waals surface area contributed by atoms with Crippen molar-refractivity contribution in [1.29, 1.82) is 0 Å². The molecule has 0 bridgehead atoms. The number of nitrogens with one attached hydrogen (secondary N) is 2. The van der Waals surface area contributed by atoms with Crippen LogP contribution in [0.1, 0.15) is 5.56 Å². The van der Waals surface area contributed by atoms with Crippen LogP contribution in [-0.2, 0) is 31.8 Å². The first kappa shape index (κ1) is 20.5. The smallest absolute Gasteiger partial charge is 0.417 e. The van der Waals surface area contributed by atoms with Crippen LogP contribution in [0.3, 0.4) is 0 Å². The summed E-state index contributed by atoms with van der Waals surface area (Å²) in [5, 5.41) is 3.66. The number of amides is 2. The number of nitrogens with zero attached hydrogens (tertiary/aromatic N) is 1. The number of carbonyl (C=O) groups excluding carboxylic acids is 3. The van der Waals surface area contributed by atoms with Gasteiger partial charge in [0.15, 0.2) is 6.61 Å². The molecule has 8 nitrogen and oxygen atoms in total. The average molecular weight is 384 g/mol. The Kier molecular flexibility index (Phi) is 6.97. The van der Waals surface area contributed by atoms with Gasteiger partial charge >= 0.3 is 12.1 Å². The van der Waals surface area contributed by atoms with E-state index in [0.717, 1.165) is 0 Å². The van der Waals surface area contributed by atoms with E-state index >= 15 is 0 Å². The van der Waals surface area contributed by atoms with E-state index in [2.05, 4.69) is 15.4 Å². The zero-order valence-electron chi connectivity index (χ0n) is 12.8. The predicted molar refractivity (Wildman–Crippen MR) is 78.7 cm³/mol. The highest BCUT2D eigenvalue weighted by Gasteiger charge is 2.32. The number of likely N-dealkylation sites (N-methyl/N-ethyl adjacent to an activating group) is 1. The summed E-state index contributed by atoms with van der Waals surface area (Å²) in [6, 6.07) is 0.442. The van der Waals surface area contributed by atoms with Crippen LogP contribution >= 0.6 is 11.6 Å². The minimum absolute atomic E-state index is 0.338. The minimum atomic E-state index is -4.76. The summed E-state index contributed by atoms with van der Waals surface area (Å²) < 4.78 is 43.0. The van der Waals surface area contributed by atoms with Crippen LogP contribution in [0.25, 0.3) is 0 Å². The number of hydrogen-bond donors (Lipinski definition) is 2. The number of ether oxygens (including phenoxy) is 1. The fourth-order valence-corrected chi connectivity index (χ4v) is 1.75. The van der Waals surface area contributed by atoms with Crippen molar-refractivity contribution in [2.75, 3.05) is 20.2 Å². The van der Waals surface area contributed by atoms with Crippen molar-refractivity contribution in [3.8, 4) is 0 Å². The first-order chi connectivity index (χ1) is 11.5. The largest absolute Gasteiger partial charge is 0.454 e. The molecule has 1 aromatic rings. The Morgan fingerprint density at radius 2 is 1.92 bits per heavy atom. The molecule has 0 aromatic carbocycles. The fourth-order valence-electron chi connectivity index (χ4n) is 1.52. The van der Waals surface area contributed by atoms with Crippen LogP contribution in [0.5, 0.6) is 0 Å². The molecule has 1 aromatic heterocycles. The normalized spacial score (nSPS) is 10.9. The van der Waals surface area contributed by atoms with Gasteiger partial charge in [0.05, 0.1) is 12.1 Å². The number of carbonyl (C=O) groups is 3. The number of esters is 1. The van der Waals surface area contributed by atoms with Gasteiger partial charge in [0, 0.05) is 13.2 Å². The predicted octanol–water partition coefficient (Wildman–Crippen LogP) is -0.0741. The average Bonchev–Trinajstić information content (AvgIpc) is 2.53. The SMILES string of the molecule is CNC(=O)CNC(=O)COC(=O)Cn1cc(C(F)(F)F)cc(Cl)c1=O. The Morgan fingerprint density at radius 1 is 1.28 bits per heavy atom. The summed E-state index contributed by atoms with van der Waals surface area (Å²) in [5.74, 6) is -2.41. The van der Waals surface area contributed by atoms with Crippen molar-refractivity contribution in [2.45, 2.75) is 12.7 Å². The van der Waals surface area contributed by atoms with E-state index in [4.69, 9.17) is 11.6 Å². The molecule has 2 amide bonds. The molecule has 0 unspecified atom stereocenters. The van der Waals surface area contributed by atoms with E-state index < -0.39 is 53.3 Å². The molecule has 0 radical (unpaired) electrons. The van der Waals surface area contributed by atoms with Gasteiger partial charge in [-0.15, -0.1) is 0 Å². The number of halogens is 4. The van der Waals surface area contributed by atoms with Crippen molar-refractivity contribution in [3.05, 3.63) is 33.2 Å². The summed E-state index contributed by atoms with van der Waals surface area (Å²) in [4.78, 5) is 45.5. The van der Waals surface area contributed by atoms with Crippen LogP contribution in [0.2, 0.25) is 5.02 Å². The van der Waals surface area contributed by atoms with Crippen molar-refractivity contribution >= 4 is 29.4 Å². The Balaban J connectivity index is 2.68. The molecule has 0 spiro atoms. The van der Waals surface area contributed by atoms with Gasteiger partial charge in [-0.2, -0.15) is 13.2 Å². The molecule has 0 saturated heterocycles. The minimum Gasteiger partial charge on any atom is -0.454 e. The van der Waals surface area contributed by atoms with Gasteiger partial charge in [-0.3, -0.25) is 19.2 Å². The third kappa shape index (κ3) is 6.45. The number of alkyl halides is 3. The van der Waals surface area contributed by atoms with Crippen LogP contribution < -0.4 is 16.2 Å². The molecule has 0 aliphatic carbocycles. The molecule has 0 saturated carbocycles. The second kappa shape index (κ2) is 8.51. The molecule has 1 rings (SSSR count). The lowest BCUT2D eigenvalue weighted by atomic mass is 10.2. The van der Waals surface area contributed by atoms with E-state index in [1.54, 1.807) is 0 Å². The van der Waals surface area contributed by atoms with Gasteiger partial charge < -0.3 is 19.9 Å². The molecule has 2 N–H and O–H groups in total. The summed E-state index contributed by atoms with van der Waals surface area (Å²) in [5.41, 5.74) is -2.23. The standard InChI is InChI=1S/C13H13ClF3N3O5/c1-18-9(21)3-19-10(22)6-25-11(23)5-20-4-7(13(15,16)17)2-8(14)12(20)24/h2,4H,3,5-6H2,1H3,(H,18,21)(H,19,22). The zero-order valence-corrected chi connectivity index (χ0v) is 13.5. The highest BCUT2D eigenvalue weighted by molar-refractivity contribution is 6.30. The van der Waals surface area contributed by atoms with Gasteiger partial charge in [-0.05, 0) is 6.07 Å². The van der Waals surface area contributed by atoms with Gasteiger partial charge in [-0.25, -0.2) is 0 Å². The molecule has 0 aliphatic rings. The summed E-state index contributed by atoms with van der Waals surface area (Å²) in [7, 11) is 1.35. The lowest BCUT2D eigenvalue weighted by Gasteiger charge is -2.11. The summed E-state index contributed by atoms with van der Waals surface area (Å²) in [6.45, 7) is -1.97. The van der Waals surface area contributed by atoms with E-state index in [0.29, 0.717) is 16.8 Å². The molecule has 0 aliphatic heterocycles. The van der Waals surface area contributed by atoms with Gasteiger partial charge in [0.1, 0.15) is 11.6 Å². The maximum absolute atomic E-state index is 12.7. The van der Waals surface area contributed by atoms with E-state index in [1.165, 1.54) is 7.05 Å². The number of hydrogen-bond acceptors (Lipinski definition) is 5. The van der Waals surface area contributed by atoms with Crippen molar-refractivity contribution < 1.29 is 32.3 Å². The monoisotopic (exact) mass is 383 g/mol. The van der Waals surface area contributed by atoms with Gasteiger partial charge in [0.25, 0.3) is 11.5 Å². The molecular formula is C13H13ClF3N3O5. The molecular weight excluding hydrogens is 371 g/mol. The van der Waals surface area contributed by atoms with Gasteiger partial charge in [0.2, 0.25) is 5.91 Å². The topological polar surface area (TPSA) is 106 Å². The number of pyridine rings is 1. The van der Waals surface area contributed by atoms with Crippen LogP contribution in [0, 0.1) is 0 Å². The van der Waals surface area contributed by atoms with E-state index in [9.17, 15) is 32.3 Å². The number of aromatic nitrogens is 1. The highest BCUT2D eigenvalue weighted by Crippen LogP contribution is 2.29. The molecule has 138 valence electrons. The third-order valence-electron chi connectivity index (χ3n) is 2.76. The second-order valence-corrected chi connectivity index (χ2v) is 5.03. The second-order valence-electron chi connectivity index (χ2n) is 4.62. The molecule has 12 heteroatoms. The lowest BCUT2D eigenvalue weighted by molar-refractivity contribution is -0.149. The third-order valence-corrected chi connectivity index (χ3v) is 3.03. The molecule has 0 atom stereocenters. The maximum Gasteiger partial charge on any atom is 0.417 e. The Hall–Kier alpha value is -2.56. The first-order valence-corrected chi connectivity index (χ1v) is 7.02. The summed E-state index contributed by atoms with van der Waals surface area (Å²) in [6.07, 6.45) is -4.34. The van der Waals surface area contributed by atoms with E-state index in [1.807, 2.05) is 0 Å². The van der Waals surface area contributed by atoms with Crippen LogP contribution in [-0.4, -0.2) is 42.6 Å². The quantitative estimate of drug-likeness (QED) is 0.669. The molecule has 25 heavy (non-hydrogen) atoms. The van der Waals surface area contributed by atoms with Crippen LogP contribution in [0.4, 0.5) is 13.2 Å². The van der Waals surface area contributed by atoms with Crippen molar-refractivity contribution in [1.82, 2.24) is 15.2 Å². The molecule has 0 fully saturated rings. The van der Waals surface area contributed by atoms with Crippen molar-refractivity contribution in [3.63, 3.8) is 0 Å². The maximum atomic E-state index is 12.7. The highest BCUT2D eigenvalue weighted by atomic mass is 35.5. The van der Waals surface area contributed by atoms with Crippen molar-refractivity contribution in [2.24, 2.45) is 0 Å². The summed E-state index contributed by atoms with van der Waals surface area (Å²) >= 11 is 5.43.